The van der Waals surface area contributed by atoms with E-state index >= 15 is 0 Å². The molecule has 2 aliphatic rings. The molecule has 3 rings (SSSR count). The molecule has 4 unspecified atom stereocenters. The summed E-state index contributed by atoms with van der Waals surface area (Å²) in [6.07, 6.45) is 2.71. The van der Waals surface area contributed by atoms with E-state index in [1.807, 2.05) is 6.92 Å². The number of benzene rings is 1. The van der Waals surface area contributed by atoms with Gasteiger partial charge in [-0.25, -0.2) is 4.79 Å². The van der Waals surface area contributed by atoms with E-state index in [2.05, 4.69) is 33.0 Å². The number of nitrogens with zero attached hydrogens (tertiary/aromatic N) is 1. The number of likely N-dealkylation sites (tertiary alicyclic amines) is 1. The van der Waals surface area contributed by atoms with Crippen LogP contribution in [0.2, 0.25) is 0 Å². The molecule has 1 saturated heterocycles. The summed E-state index contributed by atoms with van der Waals surface area (Å²) in [6.45, 7) is 11.6. The summed E-state index contributed by atoms with van der Waals surface area (Å²) in [7, 11) is 0. The number of phenolic OH excluding ortho intramolecular Hbond substituents is 2. The molecule has 1 aromatic rings. The topological polar surface area (TPSA) is 136 Å². The van der Waals surface area contributed by atoms with Crippen LogP contribution in [-0.4, -0.2) is 69.3 Å². The fraction of sp³-hybridized carbons (Fsp3) is 0.690. The maximum absolute atomic E-state index is 13.0. The van der Waals surface area contributed by atoms with Gasteiger partial charge in [0.2, 0.25) is 11.8 Å². The largest absolute Gasteiger partial charge is 0.504 e. The number of hydrogen-bond donors (Lipinski definition) is 4. The van der Waals surface area contributed by atoms with Gasteiger partial charge in [-0.05, 0) is 73.5 Å². The van der Waals surface area contributed by atoms with Crippen LogP contribution in [0.15, 0.2) is 18.2 Å². The number of nitrogens with one attached hydrogen (secondary N) is 1. The molecule has 38 heavy (non-hydrogen) atoms. The molecule has 0 spiro atoms. The van der Waals surface area contributed by atoms with Gasteiger partial charge in [0.05, 0.1) is 6.10 Å². The summed E-state index contributed by atoms with van der Waals surface area (Å²) in [5.74, 6) is -1.40. The van der Waals surface area contributed by atoms with E-state index in [4.69, 9.17) is 4.74 Å². The Morgan fingerprint density at radius 3 is 2.47 bits per heavy atom. The lowest BCUT2D eigenvalue weighted by Gasteiger charge is -2.40. The second-order valence-corrected chi connectivity index (χ2v) is 12.2. The normalized spacial score (nSPS) is 23.6. The minimum absolute atomic E-state index is 0.00311. The van der Waals surface area contributed by atoms with Gasteiger partial charge in [-0.1, -0.05) is 33.8 Å². The number of carbonyl (C=O) groups excluding carboxylic acids is 3. The lowest BCUT2D eigenvalue weighted by atomic mass is 9.66. The van der Waals surface area contributed by atoms with Crippen LogP contribution in [0.5, 0.6) is 11.5 Å². The van der Waals surface area contributed by atoms with Gasteiger partial charge in [0.25, 0.3) is 0 Å². The summed E-state index contributed by atoms with van der Waals surface area (Å²) in [5, 5.41) is 31.6. The Morgan fingerprint density at radius 1 is 1.13 bits per heavy atom. The zero-order chi connectivity index (χ0) is 28.3. The first-order valence-electron chi connectivity index (χ1n) is 13.7. The van der Waals surface area contributed by atoms with Crippen LogP contribution in [0, 0.1) is 16.7 Å². The molecule has 1 aliphatic carbocycles. The molecule has 0 radical (unpaired) electrons. The van der Waals surface area contributed by atoms with Crippen LogP contribution in [-0.2, 0) is 25.5 Å². The highest BCUT2D eigenvalue weighted by atomic mass is 16.5. The van der Waals surface area contributed by atoms with Gasteiger partial charge in [0.1, 0.15) is 12.1 Å². The van der Waals surface area contributed by atoms with E-state index in [9.17, 15) is 29.7 Å². The maximum Gasteiger partial charge on any atom is 0.329 e. The number of aliphatic hydroxyl groups excluding tert-OH is 1. The van der Waals surface area contributed by atoms with E-state index in [1.54, 1.807) is 4.90 Å². The monoisotopic (exact) mass is 532 g/mol. The van der Waals surface area contributed by atoms with Crippen LogP contribution in [0.25, 0.3) is 0 Å². The van der Waals surface area contributed by atoms with Crippen molar-refractivity contribution in [2.45, 2.75) is 97.8 Å². The Hall–Kier alpha value is -2.81. The summed E-state index contributed by atoms with van der Waals surface area (Å²) in [6, 6.07) is 3.44. The number of amides is 2. The maximum atomic E-state index is 13.0. The van der Waals surface area contributed by atoms with E-state index in [0.29, 0.717) is 30.9 Å². The highest BCUT2D eigenvalue weighted by Gasteiger charge is 2.48. The lowest BCUT2D eigenvalue weighted by Crippen LogP contribution is -2.44. The SMILES string of the molecule is CC(CC1CCC(C)(C)C1(C)C)OC(=O)C1CCCN1C(=O)CCNC(=O)C(O)Cc1ccc(O)c(O)c1. The molecule has 2 amide bonds. The third-order valence-electron chi connectivity index (χ3n) is 9.07. The average molecular weight is 533 g/mol. The van der Waals surface area contributed by atoms with Crippen LogP contribution in [0.4, 0.5) is 0 Å². The Bertz CT molecular complexity index is 1020. The predicted octanol–water partition coefficient (Wildman–Crippen LogP) is 3.28. The van der Waals surface area contributed by atoms with Crippen LogP contribution < -0.4 is 5.32 Å². The number of aromatic hydroxyl groups is 2. The van der Waals surface area contributed by atoms with Crippen molar-refractivity contribution >= 4 is 17.8 Å². The average Bonchev–Trinajstić information content (AvgIpc) is 3.40. The lowest BCUT2D eigenvalue weighted by molar-refractivity contribution is -0.158. The van der Waals surface area contributed by atoms with Crippen LogP contribution in [0.3, 0.4) is 0 Å². The summed E-state index contributed by atoms with van der Waals surface area (Å²) >= 11 is 0. The zero-order valence-corrected chi connectivity index (χ0v) is 23.3. The van der Waals surface area contributed by atoms with E-state index in [0.717, 1.165) is 19.3 Å². The Labute approximate surface area is 225 Å². The second-order valence-electron chi connectivity index (χ2n) is 12.2. The van der Waals surface area contributed by atoms with E-state index in [1.165, 1.54) is 18.2 Å². The fourth-order valence-corrected chi connectivity index (χ4v) is 5.79. The number of rotatable bonds is 10. The Balaban J connectivity index is 1.44. The van der Waals surface area contributed by atoms with Crippen molar-refractivity contribution in [3.63, 3.8) is 0 Å². The smallest absolute Gasteiger partial charge is 0.329 e. The van der Waals surface area contributed by atoms with Crippen molar-refractivity contribution in [1.82, 2.24) is 10.2 Å². The quantitative estimate of drug-likeness (QED) is 0.268. The van der Waals surface area contributed by atoms with Crippen molar-refractivity contribution in [1.29, 1.82) is 0 Å². The molecule has 1 aliphatic heterocycles. The highest BCUT2D eigenvalue weighted by Crippen LogP contribution is 2.57. The minimum Gasteiger partial charge on any atom is -0.504 e. The molecule has 9 nitrogen and oxygen atoms in total. The van der Waals surface area contributed by atoms with E-state index < -0.39 is 18.1 Å². The number of phenols is 2. The first kappa shape index (κ1) is 29.7. The number of hydrogen-bond acceptors (Lipinski definition) is 7. The van der Waals surface area contributed by atoms with Gasteiger partial charge >= 0.3 is 5.97 Å². The minimum atomic E-state index is -1.37. The predicted molar refractivity (Wildman–Crippen MR) is 142 cm³/mol. The zero-order valence-electron chi connectivity index (χ0n) is 23.3. The van der Waals surface area contributed by atoms with Crippen molar-refractivity contribution in [3.8, 4) is 11.5 Å². The molecule has 1 aromatic carbocycles. The molecule has 0 bridgehead atoms. The van der Waals surface area contributed by atoms with Crippen LogP contribution in [0.1, 0.15) is 78.7 Å². The third kappa shape index (κ3) is 6.79. The summed E-state index contributed by atoms with van der Waals surface area (Å²) in [5.41, 5.74) is 0.884. The molecular formula is C29H44N2O7. The van der Waals surface area contributed by atoms with Gasteiger partial charge in [-0.15, -0.1) is 0 Å². The standard InChI is InChI=1S/C29H44N2O7/c1-18(15-20-10-12-28(2,3)29(20,4)5)38-27(37)21-7-6-14-31(21)25(35)11-13-30-26(36)24(34)17-19-8-9-22(32)23(33)16-19/h8-9,16,18,20-21,24,32-34H,6-7,10-15,17H2,1-5H3,(H,30,36). The third-order valence-corrected chi connectivity index (χ3v) is 9.07. The van der Waals surface area contributed by atoms with Crippen molar-refractivity contribution in [2.24, 2.45) is 16.7 Å². The molecule has 1 heterocycles. The molecule has 4 atom stereocenters. The molecule has 1 saturated carbocycles. The van der Waals surface area contributed by atoms with E-state index in [-0.39, 0.29) is 59.7 Å². The summed E-state index contributed by atoms with van der Waals surface area (Å²) in [4.78, 5) is 39.6. The van der Waals surface area contributed by atoms with Crippen LogP contribution >= 0.6 is 0 Å². The second kappa shape index (κ2) is 11.9. The number of esters is 1. The molecule has 212 valence electrons. The van der Waals surface area contributed by atoms with Crippen molar-refractivity contribution in [2.75, 3.05) is 13.1 Å². The number of ether oxygens (including phenoxy) is 1. The molecular weight excluding hydrogens is 488 g/mol. The van der Waals surface area contributed by atoms with Gasteiger partial charge in [-0.3, -0.25) is 9.59 Å². The molecule has 9 heteroatoms. The van der Waals surface area contributed by atoms with Gasteiger partial charge in [0, 0.05) is 25.9 Å². The number of carbonyl (C=O) groups is 3. The van der Waals surface area contributed by atoms with Gasteiger partial charge in [-0.2, -0.15) is 0 Å². The first-order valence-corrected chi connectivity index (χ1v) is 13.7. The molecule has 0 aromatic heterocycles. The summed E-state index contributed by atoms with van der Waals surface area (Å²) < 4.78 is 5.82. The van der Waals surface area contributed by atoms with Gasteiger partial charge in [0.15, 0.2) is 11.5 Å². The fourth-order valence-electron chi connectivity index (χ4n) is 5.79. The van der Waals surface area contributed by atoms with Crippen molar-refractivity contribution in [3.05, 3.63) is 23.8 Å². The Kier molecular flexibility index (Phi) is 9.34. The molecule has 2 fully saturated rings. The highest BCUT2D eigenvalue weighted by molar-refractivity contribution is 5.86. The van der Waals surface area contributed by atoms with Crippen molar-refractivity contribution < 1.29 is 34.4 Å². The Morgan fingerprint density at radius 2 is 1.84 bits per heavy atom. The first-order chi connectivity index (χ1) is 17.7. The van der Waals surface area contributed by atoms with Gasteiger partial charge < -0.3 is 30.3 Å². The number of aliphatic hydroxyl groups is 1. The molecule has 4 N–H and O–H groups in total.